The third-order valence-corrected chi connectivity index (χ3v) is 5.41. The zero-order valence-electron chi connectivity index (χ0n) is 17.2. The Morgan fingerprint density at radius 2 is 2.00 bits per heavy atom. The Labute approximate surface area is 174 Å². The maximum Gasteiger partial charge on any atom is 0.257 e. The first-order valence-corrected chi connectivity index (χ1v) is 9.72. The van der Waals surface area contributed by atoms with Gasteiger partial charge in [-0.2, -0.15) is 0 Å². The van der Waals surface area contributed by atoms with E-state index in [2.05, 4.69) is 20.4 Å². The largest absolute Gasteiger partial charge is 0.497 e. The minimum Gasteiger partial charge on any atom is -0.497 e. The highest BCUT2D eigenvalue weighted by molar-refractivity contribution is 6.04. The molecule has 1 atom stereocenters. The van der Waals surface area contributed by atoms with Gasteiger partial charge in [0.25, 0.3) is 5.91 Å². The van der Waals surface area contributed by atoms with Gasteiger partial charge in [-0.3, -0.25) is 18.9 Å². The number of ether oxygens (including phenoxy) is 1. The molecule has 1 fully saturated rings. The van der Waals surface area contributed by atoms with Crippen molar-refractivity contribution >= 4 is 23.1 Å². The molecule has 1 aliphatic rings. The molecule has 3 heterocycles. The van der Waals surface area contributed by atoms with Crippen molar-refractivity contribution in [3.8, 4) is 5.75 Å². The number of rotatable bonds is 4. The van der Waals surface area contributed by atoms with E-state index in [1.165, 1.54) is 0 Å². The predicted octanol–water partition coefficient (Wildman–Crippen LogP) is 1.83. The molecule has 2 aromatic heterocycles. The van der Waals surface area contributed by atoms with Crippen molar-refractivity contribution in [2.24, 2.45) is 0 Å². The first kappa shape index (κ1) is 19.8. The number of methoxy groups -OCH3 is 1. The van der Waals surface area contributed by atoms with Crippen LogP contribution in [0.25, 0.3) is 5.65 Å². The van der Waals surface area contributed by atoms with Gasteiger partial charge in [0.15, 0.2) is 11.5 Å². The molecule has 156 valence electrons. The first-order chi connectivity index (χ1) is 14.5. The molecule has 1 aliphatic heterocycles. The number of amides is 2. The normalized spacial score (nSPS) is 17.2. The quantitative estimate of drug-likeness (QED) is 0.708. The fraction of sp³-hybridized carbons (Fsp3) is 0.333. The van der Waals surface area contributed by atoms with Gasteiger partial charge in [-0.1, -0.05) is 6.07 Å². The van der Waals surface area contributed by atoms with E-state index in [1.54, 1.807) is 44.5 Å². The van der Waals surface area contributed by atoms with Gasteiger partial charge in [0.2, 0.25) is 5.91 Å². The summed E-state index contributed by atoms with van der Waals surface area (Å²) < 4.78 is 7.03. The number of pyridine rings is 1. The maximum atomic E-state index is 12.8. The van der Waals surface area contributed by atoms with Gasteiger partial charge in [0.1, 0.15) is 5.75 Å². The summed E-state index contributed by atoms with van der Waals surface area (Å²) in [6.45, 7) is 3.54. The Morgan fingerprint density at radius 1 is 1.17 bits per heavy atom. The molecule has 2 amide bonds. The fourth-order valence-electron chi connectivity index (χ4n) is 3.61. The molecule has 0 saturated carbocycles. The molecule has 4 rings (SSSR count). The van der Waals surface area contributed by atoms with Crippen LogP contribution in [-0.2, 0) is 4.79 Å². The minimum atomic E-state index is -0.243. The number of anilines is 1. The molecule has 1 N–H and O–H groups in total. The summed E-state index contributed by atoms with van der Waals surface area (Å²) in [6.07, 6.45) is 1.74. The van der Waals surface area contributed by atoms with Gasteiger partial charge in [-0.05, 0) is 31.3 Å². The molecule has 0 bridgehead atoms. The summed E-state index contributed by atoms with van der Waals surface area (Å²) in [4.78, 5) is 28.6. The van der Waals surface area contributed by atoms with Crippen LogP contribution in [0.2, 0.25) is 0 Å². The number of hydrogen-bond acceptors (Lipinski definition) is 6. The molecular weight excluding hydrogens is 384 g/mol. The molecular formula is C21H24N6O3. The van der Waals surface area contributed by atoms with Crippen molar-refractivity contribution in [3.05, 3.63) is 54.0 Å². The zero-order valence-corrected chi connectivity index (χ0v) is 17.2. The number of benzene rings is 1. The Morgan fingerprint density at radius 3 is 2.77 bits per heavy atom. The van der Waals surface area contributed by atoms with Crippen molar-refractivity contribution in [1.29, 1.82) is 0 Å². The highest BCUT2D eigenvalue weighted by Crippen LogP contribution is 2.24. The van der Waals surface area contributed by atoms with Crippen LogP contribution < -0.4 is 10.1 Å². The number of carbonyl (C=O) groups excluding carboxylic acids is 2. The predicted molar refractivity (Wildman–Crippen MR) is 112 cm³/mol. The Kier molecular flexibility index (Phi) is 5.37. The fourth-order valence-corrected chi connectivity index (χ4v) is 3.61. The van der Waals surface area contributed by atoms with Crippen molar-refractivity contribution in [2.75, 3.05) is 39.1 Å². The van der Waals surface area contributed by atoms with E-state index >= 15 is 0 Å². The number of piperazine rings is 1. The monoisotopic (exact) mass is 408 g/mol. The Hall–Kier alpha value is -3.46. The lowest BCUT2D eigenvalue weighted by molar-refractivity contribution is -0.131. The second-order valence-corrected chi connectivity index (χ2v) is 7.35. The molecule has 0 radical (unpaired) electrons. The summed E-state index contributed by atoms with van der Waals surface area (Å²) in [5.41, 5.74) is 1.78. The SMILES string of the molecule is COc1cccc(NC(=O)c2ccc3nnc(C4CN(C(C)=O)CCN4C)n3c2)c1. The van der Waals surface area contributed by atoms with Crippen LogP contribution in [0.3, 0.4) is 0 Å². The van der Waals surface area contributed by atoms with E-state index in [-0.39, 0.29) is 17.9 Å². The molecule has 30 heavy (non-hydrogen) atoms. The van der Waals surface area contributed by atoms with E-state index in [0.29, 0.717) is 41.6 Å². The molecule has 0 spiro atoms. The molecule has 1 aromatic carbocycles. The van der Waals surface area contributed by atoms with E-state index < -0.39 is 0 Å². The number of nitrogens with one attached hydrogen (secondary N) is 1. The zero-order chi connectivity index (χ0) is 21.3. The number of nitrogens with zero attached hydrogens (tertiary/aromatic N) is 5. The number of aromatic nitrogens is 3. The maximum absolute atomic E-state index is 12.8. The second kappa shape index (κ2) is 8.11. The smallest absolute Gasteiger partial charge is 0.257 e. The Balaban J connectivity index is 1.62. The van der Waals surface area contributed by atoms with Gasteiger partial charge in [-0.25, -0.2) is 0 Å². The average molecular weight is 408 g/mol. The molecule has 9 heteroatoms. The topological polar surface area (TPSA) is 92.1 Å². The van der Waals surface area contributed by atoms with Crippen molar-refractivity contribution < 1.29 is 14.3 Å². The van der Waals surface area contributed by atoms with Crippen LogP contribution in [0.1, 0.15) is 29.1 Å². The van der Waals surface area contributed by atoms with E-state index in [1.807, 2.05) is 28.5 Å². The van der Waals surface area contributed by atoms with E-state index in [4.69, 9.17) is 4.74 Å². The van der Waals surface area contributed by atoms with Crippen LogP contribution in [0, 0.1) is 0 Å². The number of likely N-dealkylation sites (N-methyl/N-ethyl adjacent to an activating group) is 1. The lowest BCUT2D eigenvalue weighted by Gasteiger charge is -2.38. The highest BCUT2D eigenvalue weighted by atomic mass is 16.5. The highest BCUT2D eigenvalue weighted by Gasteiger charge is 2.30. The van der Waals surface area contributed by atoms with Crippen LogP contribution in [0.5, 0.6) is 5.75 Å². The minimum absolute atomic E-state index is 0.0419. The second-order valence-electron chi connectivity index (χ2n) is 7.35. The van der Waals surface area contributed by atoms with Crippen molar-refractivity contribution in [2.45, 2.75) is 13.0 Å². The molecule has 9 nitrogen and oxygen atoms in total. The molecule has 1 unspecified atom stereocenters. The summed E-state index contributed by atoms with van der Waals surface area (Å²) in [7, 11) is 3.58. The van der Waals surface area contributed by atoms with Gasteiger partial charge in [-0.15, -0.1) is 10.2 Å². The molecule has 3 aromatic rings. The van der Waals surface area contributed by atoms with E-state index in [9.17, 15) is 9.59 Å². The average Bonchev–Trinajstić information content (AvgIpc) is 3.17. The Bertz CT molecular complexity index is 1100. The van der Waals surface area contributed by atoms with Crippen molar-refractivity contribution in [1.82, 2.24) is 24.4 Å². The lowest BCUT2D eigenvalue weighted by atomic mass is 10.1. The standard InChI is InChI=1S/C21H24N6O3/c1-14(28)26-10-9-25(2)18(13-26)20-24-23-19-8-7-15(12-27(19)20)21(29)22-16-5-4-6-17(11-16)30-3/h4-8,11-12,18H,9-10,13H2,1-3H3,(H,22,29). The number of carbonyl (C=O) groups is 2. The number of hydrogen-bond donors (Lipinski definition) is 1. The van der Waals surface area contributed by atoms with Crippen LogP contribution >= 0.6 is 0 Å². The van der Waals surface area contributed by atoms with Crippen molar-refractivity contribution in [3.63, 3.8) is 0 Å². The van der Waals surface area contributed by atoms with Gasteiger partial charge in [0, 0.05) is 44.5 Å². The summed E-state index contributed by atoms with van der Waals surface area (Å²) in [6, 6.07) is 10.6. The van der Waals surface area contributed by atoms with Gasteiger partial charge < -0.3 is 15.0 Å². The molecule has 0 aliphatic carbocycles. The number of fused-ring (bicyclic) bond motifs is 1. The first-order valence-electron chi connectivity index (χ1n) is 9.72. The lowest BCUT2D eigenvalue weighted by Crippen LogP contribution is -2.48. The van der Waals surface area contributed by atoms with Gasteiger partial charge >= 0.3 is 0 Å². The van der Waals surface area contributed by atoms with Crippen LogP contribution in [0.4, 0.5) is 5.69 Å². The summed E-state index contributed by atoms with van der Waals surface area (Å²) in [5.74, 6) is 1.17. The third-order valence-electron chi connectivity index (χ3n) is 5.41. The molecule has 1 saturated heterocycles. The van der Waals surface area contributed by atoms with Crippen LogP contribution in [-0.4, -0.2) is 70.0 Å². The summed E-state index contributed by atoms with van der Waals surface area (Å²) in [5, 5.41) is 11.5. The summed E-state index contributed by atoms with van der Waals surface area (Å²) >= 11 is 0. The van der Waals surface area contributed by atoms with E-state index in [0.717, 1.165) is 6.54 Å². The third kappa shape index (κ3) is 3.84. The van der Waals surface area contributed by atoms with Crippen LogP contribution in [0.15, 0.2) is 42.6 Å². The van der Waals surface area contributed by atoms with Gasteiger partial charge in [0.05, 0.1) is 18.7 Å².